The highest BCUT2D eigenvalue weighted by molar-refractivity contribution is 5.75. The van der Waals surface area contributed by atoms with E-state index in [0.29, 0.717) is 12.8 Å². The van der Waals surface area contributed by atoms with Gasteiger partial charge in [0, 0.05) is 12.3 Å². The molecule has 0 unspecified atom stereocenters. The maximum absolute atomic E-state index is 12.2. The smallest absolute Gasteiger partial charge is 0.309 e. The Hall–Kier alpha value is -1.62. The molecule has 5 heteroatoms. The van der Waals surface area contributed by atoms with Crippen molar-refractivity contribution in [1.82, 2.24) is 0 Å². The summed E-state index contributed by atoms with van der Waals surface area (Å²) in [5.74, 6) is -0.949. The van der Waals surface area contributed by atoms with Gasteiger partial charge in [0.2, 0.25) is 0 Å². The Kier molecular flexibility index (Phi) is 6.44. The molecule has 1 heterocycles. The van der Waals surface area contributed by atoms with Crippen LogP contribution in [-0.4, -0.2) is 35.4 Å². The van der Waals surface area contributed by atoms with Gasteiger partial charge in [-0.15, -0.1) is 0 Å². The molecule has 0 amide bonds. The van der Waals surface area contributed by atoms with E-state index < -0.39 is 12.2 Å². The number of hydrogen-bond donors (Lipinski definition) is 1. The van der Waals surface area contributed by atoms with E-state index in [1.807, 2.05) is 46.8 Å². The quantitative estimate of drug-likeness (QED) is 0.625. The van der Waals surface area contributed by atoms with E-state index in [1.165, 1.54) is 0 Å². The molecule has 1 saturated heterocycles. The fourth-order valence-corrected chi connectivity index (χ4v) is 3.27. The molecule has 1 N–H and O–H groups in total. The molecule has 1 fully saturated rings. The lowest BCUT2D eigenvalue weighted by molar-refractivity contribution is -0.152. The van der Waals surface area contributed by atoms with Crippen LogP contribution < -0.4 is 0 Å². The van der Waals surface area contributed by atoms with Gasteiger partial charge in [0.05, 0.1) is 17.9 Å². The first kappa shape index (κ1) is 19.7. The van der Waals surface area contributed by atoms with Crippen molar-refractivity contribution in [2.24, 2.45) is 17.8 Å². The number of hydrogen-bond acceptors (Lipinski definition) is 5. The van der Waals surface area contributed by atoms with Gasteiger partial charge < -0.3 is 14.6 Å². The fraction of sp³-hybridized carbons (Fsp3) is 0.700. The zero-order chi connectivity index (χ0) is 18.7. The van der Waals surface area contributed by atoms with Crippen LogP contribution in [0.3, 0.4) is 0 Å². The van der Waals surface area contributed by atoms with E-state index in [2.05, 4.69) is 0 Å². The fourth-order valence-electron chi connectivity index (χ4n) is 3.27. The zero-order valence-corrected chi connectivity index (χ0v) is 15.8. The predicted octanol–water partition coefficient (Wildman–Crippen LogP) is 3.17. The van der Waals surface area contributed by atoms with Crippen LogP contribution in [0.1, 0.15) is 53.9 Å². The summed E-state index contributed by atoms with van der Waals surface area (Å²) in [5, 5.41) is 10.4. The number of carbonyl (C=O) groups is 2. The van der Waals surface area contributed by atoms with Crippen LogP contribution in [0.4, 0.5) is 0 Å². The molecule has 0 spiro atoms. The van der Waals surface area contributed by atoms with Gasteiger partial charge in [0.25, 0.3) is 0 Å². The van der Waals surface area contributed by atoms with Gasteiger partial charge >= 0.3 is 11.9 Å². The molecule has 0 aromatic heterocycles. The van der Waals surface area contributed by atoms with E-state index >= 15 is 0 Å². The number of esters is 2. The third kappa shape index (κ3) is 4.51. The largest absolute Gasteiger partial charge is 0.458 e. The van der Waals surface area contributed by atoms with Crippen LogP contribution in [0.2, 0.25) is 0 Å². The van der Waals surface area contributed by atoms with Gasteiger partial charge in [-0.05, 0) is 43.9 Å². The first-order valence-electron chi connectivity index (χ1n) is 9.18. The number of carbonyl (C=O) groups excluding carboxylic acids is 2. The number of aliphatic hydroxyl groups excluding tert-OH is 1. The molecule has 0 radical (unpaired) electrons. The molecule has 0 aromatic rings. The average molecular weight is 350 g/mol. The second kappa shape index (κ2) is 8.17. The Labute approximate surface area is 150 Å². The van der Waals surface area contributed by atoms with E-state index in [9.17, 15) is 14.7 Å². The second-order valence-electron chi connectivity index (χ2n) is 7.43. The molecule has 0 bridgehead atoms. The average Bonchev–Trinajstić information content (AvgIpc) is 2.83. The van der Waals surface area contributed by atoms with Crippen LogP contribution in [0.15, 0.2) is 23.3 Å². The van der Waals surface area contributed by atoms with Crippen LogP contribution in [0.5, 0.6) is 0 Å². The number of rotatable bonds is 3. The van der Waals surface area contributed by atoms with Crippen LogP contribution >= 0.6 is 0 Å². The molecule has 1 aliphatic carbocycles. The van der Waals surface area contributed by atoms with Crippen molar-refractivity contribution in [3.8, 4) is 0 Å². The minimum absolute atomic E-state index is 0.0789. The van der Waals surface area contributed by atoms with Crippen LogP contribution in [0.25, 0.3) is 0 Å². The Morgan fingerprint density at radius 3 is 2.72 bits per heavy atom. The Balaban J connectivity index is 2.30. The van der Waals surface area contributed by atoms with E-state index in [-0.39, 0.29) is 35.8 Å². The topological polar surface area (TPSA) is 72.8 Å². The lowest BCUT2D eigenvalue weighted by Gasteiger charge is -2.26. The first-order valence-corrected chi connectivity index (χ1v) is 9.18. The van der Waals surface area contributed by atoms with Crippen molar-refractivity contribution < 1.29 is 24.2 Å². The van der Waals surface area contributed by atoms with Crippen molar-refractivity contribution in [3.63, 3.8) is 0 Å². The molecule has 1 aliphatic heterocycles. The normalized spacial score (nSPS) is 38.5. The van der Waals surface area contributed by atoms with Crippen LogP contribution in [0, 0.1) is 17.8 Å². The molecular formula is C20H30O5. The van der Waals surface area contributed by atoms with E-state index in [4.69, 9.17) is 9.47 Å². The van der Waals surface area contributed by atoms with Gasteiger partial charge in [-0.25, -0.2) is 0 Å². The second-order valence-corrected chi connectivity index (χ2v) is 7.43. The zero-order valence-electron chi connectivity index (χ0n) is 15.8. The third-order valence-electron chi connectivity index (χ3n) is 5.57. The third-order valence-corrected chi connectivity index (χ3v) is 5.57. The molecule has 25 heavy (non-hydrogen) atoms. The summed E-state index contributed by atoms with van der Waals surface area (Å²) >= 11 is 0. The van der Waals surface area contributed by atoms with Crippen molar-refractivity contribution in [2.45, 2.75) is 72.2 Å². The molecule has 0 aromatic carbocycles. The monoisotopic (exact) mass is 350 g/mol. The van der Waals surface area contributed by atoms with Gasteiger partial charge in [-0.3, -0.25) is 9.59 Å². The summed E-state index contributed by atoms with van der Waals surface area (Å²) < 4.78 is 11.2. The highest BCUT2D eigenvalue weighted by atomic mass is 16.6. The maximum atomic E-state index is 12.2. The summed E-state index contributed by atoms with van der Waals surface area (Å²) in [5.41, 5.74) is 1.72. The van der Waals surface area contributed by atoms with Gasteiger partial charge in [-0.2, -0.15) is 0 Å². The summed E-state index contributed by atoms with van der Waals surface area (Å²) in [6, 6.07) is 0. The molecule has 2 aliphatic rings. The standard InChI is InChI=1S/C20H30O5/c1-6-11(2)19(22)24-17-8-7-12(3)16(21)10-15-14(5)20(23)25-18(15)9-13(17)4/h7,9,11,14-18,21H,6,8,10H2,1-5H3/b12-7+,13-9+/t11-,14-,15+,16+,17+,18-/m1/s1. The maximum Gasteiger partial charge on any atom is 0.309 e. The van der Waals surface area contributed by atoms with Crippen molar-refractivity contribution in [3.05, 3.63) is 23.3 Å². The van der Waals surface area contributed by atoms with Gasteiger partial charge in [0.15, 0.2) is 0 Å². The molecular weight excluding hydrogens is 320 g/mol. The number of aliphatic hydroxyl groups is 1. The lowest BCUT2D eigenvalue weighted by atomic mass is 9.83. The number of fused-ring (bicyclic) bond motifs is 1. The summed E-state index contributed by atoms with van der Waals surface area (Å²) in [4.78, 5) is 24.2. The lowest BCUT2D eigenvalue weighted by Crippen LogP contribution is -2.28. The predicted molar refractivity (Wildman–Crippen MR) is 94.6 cm³/mol. The van der Waals surface area contributed by atoms with E-state index in [1.54, 1.807) is 0 Å². The molecule has 6 atom stereocenters. The number of ether oxygens (including phenoxy) is 2. The summed E-state index contributed by atoms with van der Waals surface area (Å²) in [6.45, 7) is 9.42. The highest BCUT2D eigenvalue weighted by Gasteiger charge is 2.42. The van der Waals surface area contributed by atoms with E-state index in [0.717, 1.165) is 17.6 Å². The first-order chi connectivity index (χ1) is 11.7. The van der Waals surface area contributed by atoms with Crippen molar-refractivity contribution in [1.29, 1.82) is 0 Å². The van der Waals surface area contributed by atoms with Crippen LogP contribution in [-0.2, 0) is 19.1 Å². The van der Waals surface area contributed by atoms with Gasteiger partial charge in [-0.1, -0.05) is 26.8 Å². The Bertz CT molecular complexity index is 577. The highest BCUT2D eigenvalue weighted by Crippen LogP contribution is 2.35. The summed E-state index contributed by atoms with van der Waals surface area (Å²) in [6.07, 6.45) is 4.13. The summed E-state index contributed by atoms with van der Waals surface area (Å²) in [7, 11) is 0. The SMILES string of the molecule is CC[C@@H](C)C(=O)O[C@H]1C/C=C(\C)[C@@H](O)C[C@@H]2[C@@H](/C=C/1C)OC(=O)[C@@H]2C. The van der Waals surface area contributed by atoms with Crippen molar-refractivity contribution >= 4 is 11.9 Å². The van der Waals surface area contributed by atoms with Crippen molar-refractivity contribution in [2.75, 3.05) is 0 Å². The molecule has 140 valence electrons. The van der Waals surface area contributed by atoms with Gasteiger partial charge in [0.1, 0.15) is 12.2 Å². The molecule has 5 nitrogen and oxygen atoms in total. The minimum atomic E-state index is -0.623. The Morgan fingerprint density at radius 2 is 2.08 bits per heavy atom. The molecule has 2 rings (SSSR count). The Morgan fingerprint density at radius 1 is 1.40 bits per heavy atom. The molecule has 0 saturated carbocycles. The minimum Gasteiger partial charge on any atom is -0.458 e.